The van der Waals surface area contributed by atoms with Gasteiger partial charge in [-0.05, 0) is 89.9 Å². The first-order valence-corrected chi connectivity index (χ1v) is 28.8. The summed E-state index contributed by atoms with van der Waals surface area (Å²) in [6.45, 7) is 6.50. The molecular formula is C61H108O6. The number of esters is 3. The van der Waals surface area contributed by atoms with Crippen LogP contribution in [0.2, 0.25) is 0 Å². The highest BCUT2D eigenvalue weighted by atomic mass is 16.6. The number of hydrogen-bond acceptors (Lipinski definition) is 6. The molecule has 0 fully saturated rings. The molecule has 0 aliphatic heterocycles. The molecule has 1 unspecified atom stereocenters. The Morgan fingerprint density at radius 3 is 0.940 bits per heavy atom. The minimum atomic E-state index is -0.786. The normalized spacial score (nSPS) is 12.5. The van der Waals surface area contributed by atoms with Gasteiger partial charge < -0.3 is 14.2 Å². The highest BCUT2D eigenvalue weighted by molar-refractivity contribution is 5.71. The summed E-state index contributed by atoms with van der Waals surface area (Å²) in [5.74, 6) is -0.903. The third kappa shape index (κ3) is 53.9. The van der Waals surface area contributed by atoms with Crippen molar-refractivity contribution < 1.29 is 28.6 Å². The van der Waals surface area contributed by atoms with Gasteiger partial charge >= 0.3 is 17.9 Å². The molecule has 388 valence electrons. The average molecular weight is 938 g/mol. The van der Waals surface area contributed by atoms with Crippen molar-refractivity contribution in [3.63, 3.8) is 0 Å². The summed E-state index contributed by atoms with van der Waals surface area (Å²) in [5.41, 5.74) is 0. The molecule has 6 heteroatoms. The predicted octanol–water partition coefficient (Wildman–Crippen LogP) is 19.2. The highest BCUT2D eigenvalue weighted by Crippen LogP contribution is 2.15. The zero-order valence-electron chi connectivity index (χ0n) is 44.4. The third-order valence-electron chi connectivity index (χ3n) is 12.5. The molecular weight excluding hydrogens is 829 g/mol. The van der Waals surface area contributed by atoms with Crippen LogP contribution in [0.4, 0.5) is 0 Å². The Morgan fingerprint density at radius 2 is 0.597 bits per heavy atom. The maximum Gasteiger partial charge on any atom is 0.306 e. The summed E-state index contributed by atoms with van der Waals surface area (Å²) in [7, 11) is 0. The lowest BCUT2D eigenvalue weighted by molar-refractivity contribution is -0.167. The van der Waals surface area contributed by atoms with Gasteiger partial charge in [0.2, 0.25) is 0 Å². The SMILES string of the molecule is CC/C=C/C=C/C=C/CCCCCCCC(=O)OCC(COC(=O)CCCCCCCCC/C=C/CCCCCCCCCC)OC(=O)CCCCCCCCC/C=C/CCCCCCCC. The number of rotatable bonds is 52. The Kier molecular flexibility index (Phi) is 53.3. The second-order valence-electron chi connectivity index (χ2n) is 19.2. The number of hydrogen-bond donors (Lipinski definition) is 0. The first-order chi connectivity index (χ1) is 33.0. The summed E-state index contributed by atoms with van der Waals surface area (Å²) in [6, 6.07) is 0. The van der Waals surface area contributed by atoms with E-state index in [9.17, 15) is 14.4 Å². The van der Waals surface area contributed by atoms with Gasteiger partial charge in [-0.15, -0.1) is 0 Å². The lowest BCUT2D eigenvalue weighted by Crippen LogP contribution is -2.30. The molecule has 0 aliphatic carbocycles. The van der Waals surface area contributed by atoms with E-state index in [1.54, 1.807) is 0 Å². The third-order valence-corrected chi connectivity index (χ3v) is 12.5. The van der Waals surface area contributed by atoms with Gasteiger partial charge in [0.1, 0.15) is 13.2 Å². The van der Waals surface area contributed by atoms with Crippen molar-refractivity contribution in [1.29, 1.82) is 0 Å². The van der Waals surface area contributed by atoms with E-state index < -0.39 is 6.10 Å². The molecule has 0 N–H and O–H groups in total. The van der Waals surface area contributed by atoms with E-state index in [1.165, 1.54) is 167 Å². The summed E-state index contributed by atoms with van der Waals surface area (Å²) in [6.07, 6.45) is 69.3. The quantitative estimate of drug-likeness (QED) is 0.0199. The molecule has 0 saturated heterocycles. The maximum absolute atomic E-state index is 12.8. The number of unbranched alkanes of at least 4 members (excludes halogenated alkanes) is 33. The fourth-order valence-electron chi connectivity index (χ4n) is 8.20. The second-order valence-corrected chi connectivity index (χ2v) is 19.2. The number of carbonyl (C=O) groups excluding carboxylic acids is 3. The zero-order valence-corrected chi connectivity index (χ0v) is 44.4. The number of allylic oxidation sites excluding steroid dienone is 10. The maximum atomic E-state index is 12.8. The molecule has 1 atom stereocenters. The van der Waals surface area contributed by atoms with Crippen molar-refractivity contribution in [3.8, 4) is 0 Å². The first-order valence-electron chi connectivity index (χ1n) is 28.8. The van der Waals surface area contributed by atoms with E-state index in [4.69, 9.17) is 14.2 Å². The van der Waals surface area contributed by atoms with Crippen molar-refractivity contribution >= 4 is 17.9 Å². The Balaban J connectivity index is 4.37. The molecule has 0 heterocycles. The molecule has 0 amide bonds. The minimum Gasteiger partial charge on any atom is -0.462 e. The molecule has 0 saturated carbocycles. The summed E-state index contributed by atoms with van der Waals surface area (Å²) in [5, 5.41) is 0. The zero-order chi connectivity index (χ0) is 48.6. The minimum absolute atomic E-state index is 0.0840. The van der Waals surface area contributed by atoms with Gasteiger partial charge in [0.25, 0.3) is 0 Å². The predicted molar refractivity (Wildman–Crippen MR) is 288 cm³/mol. The van der Waals surface area contributed by atoms with Gasteiger partial charge in [0, 0.05) is 19.3 Å². The van der Waals surface area contributed by atoms with Crippen LogP contribution in [-0.2, 0) is 28.6 Å². The average Bonchev–Trinajstić information content (AvgIpc) is 3.33. The van der Waals surface area contributed by atoms with E-state index in [1.807, 2.05) is 0 Å². The molecule has 0 bridgehead atoms. The Morgan fingerprint density at radius 1 is 0.313 bits per heavy atom. The molecule has 67 heavy (non-hydrogen) atoms. The Hall–Kier alpha value is -2.89. The standard InChI is InChI=1S/C61H108O6/c1-4-7-10-13-16-19-22-25-27-29-30-32-33-36-39-42-45-48-51-54-60(63)66-57-58(56-65-59(62)53-50-47-44-41-38-35-24-21-18-15-12-9-6-3)67-61(64)55-52-49-46-43-40-37-34-31-28-26-23-20-17-14-11-8-5-2/h9,12,15,18,21,24,26,28-30,58H,4-8,10-11,13-14,16-17,19-20,22-23,25,27,31-57H2,1-3H3/b12-9+,18-15+,24-21+,28-26+,30-29+. The fourth-order valence-corrected chi connectivity index (χ4v) is 8.20. The fraction of sp³-hybridized carbons (Fsp3) is 0.787. The largest absolute Gasteiger partial charge is 0.462 e. The van der Waals surface area contributed by atoms with Gasteiger partial charge in [-0.2, -0.15) is 0 Å². The van der Waals surface area contributed by atoms with Crippen LogP contribution >= 0.6 is 0 Å². The van der Waals surface area contributed by atoms with E-state index in [-0.39, 0.29) is 31.1 Å². The van der Waals surface area contributed by atoms with Crippen LogP contribution in [0.15, 0.2) is 60.8 Å². The topological polar surface area (TPSA) is 78.9 Å². The highest BCUT2D eigenvalue weighted by Gasteiger charge is 2.19. The number of ether oxygens (including phenoxy) is 3. The summed E-state index contributed by atoms with van der Waals surface area (Å²) in [4.78, 5) is 38.1. The van der Waals surface area contributed by atoms with Crippen molar-refractivity contribution in [1.82, 2.24) is 0 Å². The van der Waals surface area contributed by atoms with E-state index in [0.717, 1.165) is 83.5 Å². The molecule has 0 aromatic rings. The van der Waals surface area contributed by atoms with E-state index in [0.29, 0.717) is 19.3 Å². The lowest BCUT2D eigenvalue weighted by atomic mass is 10.1. The number of carbonyl (C=O) groups is 3. The Bertz CT molecular complexity index is 1210. The van der Waals surface area contributed by atoms with Gasteiger partial charge in [0.15, 0.2) is 6.10 Å². The summed E-state index contributed by atoms with van der Waals surface area (Å²) >= 11 is 0. The van der Waals surface area contributed by atoms with Crippen LogP contribution in [0, 0.1) is 0 Å². The van der Waals surface area contributed by atoms with Gasteiger partial charge in [-0.25, -0.2) is 0 Å². The van der Waals surface area contributed by atoms with Crippen molar-refractivity contribution in [2.24, 2.45) is 0 Å². The van der Waals surface area contributed by atoms with Gasteiger partial charge in [-0.3, -0.25) is 14.4 Å². The monoisotopic (exact) mass is 937 g/mol. The molecule has 0 rings (SSSR count). The van der Waals surface area contributed by atoms with Crippen LogP contribution in [-0.4, -0.2) is 37.2 Å². The van der Waals surface area contributed by atoms with Crippen LogP contribution in [0.25, 0.3) is 0 Å². The Labute approximate surface area is 415 Å². The summed E-state index contributed by atoms with van der Waals surface area (Å²) < 4.78 is 16.8. The molecule has 0 aromatic heterocycles. The van der Waals surface area contributed by atoms with Crippen molar-refractivity contribution in [3.05, 3.63) is 60.8 Å². The second kappa shape index (κ2) is 55.7. The van der Waals surface area contributed by atoms with E-state index in [2.05, 4.69) is 81.5 Å². The molecule has 6 nitrogen and oxygen atoms in total. The van der Waals surface area contributed by atoms with Gasteiger partial charge in [-0.1, -0.05) is 242 Å². The molecule has 0 spiro atoms. The van der Waals surface area contributed by atoms with Crippen LogP contribution in [0.5, 0.6) is 0 Å². The molecule has 0 radical (unpaired) electrons. The smallest absolute Gasteiger partial charge is 0.306 e. The molecule has 0 aromatic carbocycles. The van der Waals surface area contributed by atoms with Gasteiger partial charge in [0.05, 0.1) is 0 Å². The van der Waals surface area contributed by atoms with Crippen LogP contribution in [0.1, 0.15) is 290 Å². The first kappa shape index (κ1) is 64.1. The van der Waals surface area contributed by atoms with Crippen LogP contribution < -0.4 is 0 Å². The lowest BCUT2D eigenvalue weighted by Gasteiger charge is -2.18. The molecule has 0 aliphatic rings. The van der Waals surface area contributed by atoms with Crippen LogP contribution in [0.3, 0.4) is 0 Å². The van der Waals surface area contributed by atoms with Crippen molar-refractivity contribution in [2.75, 3.05) is 13.2 Å². The van der Waals surface area contributed by atoms with Crippen molar-refractivity contribution in [2.45, 2.75) is 297 Å². The van der Waals surface area contributed by atoms with E-state index >= 15 is 0 Å².